The minimum Gasteiger partial charge on any atom is -1.00 e. The molecule has 0 amide bonds. The van der Waals surface area contributed by atoms with Gasteiger partial charge in [0.05, 0.1) is 11.4 Å². The molecule has 2 heterocycles. The second-order valence-electron chi connectivity index (χ2n) is 5.66. The molecule has 2 aromatic rings. The van der Waals surface area contributed by atoms with Crippen LogP contribution in [0.2, 0.25) is 0 Å². The van der Waals surface area contributed by atoms with Crippen LogP contribution in [0.4, 0.5) is 5.95 Å². The minimum atomic E-state index is -1.03. The molecule has 106 valence electrons. The van der Waals surface area contributed by atoms with Gasteiger partial charge >= 0.3 is 57.4 Å². The van der Waals surface area contributed by atoms with E-state index in [0.29, 0.717) is 23.4 Å². The molecule has 0 aromatic carbocycles. The van der Waals surface area contributed by atoms with Crippen LogP contribution in [0.5, 0.6) is 0 Å². The van der Waals surface area contributed by atoms with Crippen molar-refractivity contribution in [2.45, 2.75) is 25.7 Å². The summed E-state index contributed by atoms with van der Waals surface area (Å²) in [7, 11) is 1.72. The number of carboxylic acids is 1. The smallest absolute Gasteiger partial charge is 1.00 e. The number of carboxylic acid groups (broad SMARTS) is 1. The summed E-state index contributed by atoms with van der Waals surface area (Å²) in [5.74, 6) is -0.854. The number of nitrogens with zero attached hydrogens (tertiary/aromatic N) is 4. The van der Waals surface area contributed by atoms with E-state index in [1.807, 2.05) is 13.8 Å². The van der Waals surface area contributed by atoms with Crippen molar-refractivity contribution in [3.63, 3.8) is 0 Å². The molecule has 8 heteroatoms. The van der Waals surface area contributed by atoms with E-state index in [2.05, 4.69) is 15.1 Å². The average Bonchev–Trinajstić information content (AvgIpc) is 2.70. The van der Waals surface area contributed by atoms with E-state index in [9.17, 15) is 9.90 Å². The molecule has 3 N–H and O–H groups in total. The Hall–Kier alpha value is -0.804. The van der Waals surface area contributed by atoms with Gasteiger partial charge in [-0.1, -0.05) is 13.8 Å². The molecule has 0 atom stereocenters. The molecule has 3 rings (SSSR count). The van der Waals surface area contributed by atoms with Crippen LogP contribution in [0, 0.1) is 0 Å². The van der Waals surface area contributed by atoms with Crippen LogP contribution in [0.25, 0.3) is 11.4 Å². The number of hydrogen-bond acceptors (Lipinski definition) is 5. The first-order chi connectivity index (χ1) is 9.31. The number of aromatic nitrogens is 4. The molecule has 2 aromatic heterocycles. The van der Waals surface area contributed by atoms with Gasteiger partial charge in [0.25, 0.3) is 0 Å². The molecule has 1 aliphatic rings. The zero-order valence-electron chi connectivity index (χ0n) is 13.5. The Kier molecular flexibility index (Phi) is 4.29. The fourth-order valence-corrected chi connectivity index (χ4v) is 2.91. The van der Waals surface area contributed by atoms with E-state index in [-0.39, 0.29) is 69.9 Å². The predicted octanol–water partition coefficient (Wildman–Crippen LogP) is -1.89. The van der Waals surface area contributed by atoms with E-state index in [0.717, 1.165) is 5.56 Å². The van der Waals surface area contributed by atoms with E-state index < -0.39 is 5.97 Å². The standard InChI is InChI=1S/C13H15N5O2.K.H/c1-13(2)4-6-5-15-12(14)16-8(6)10-7(13)9(11(19)20)17-18(10)3;;/h5H,4H2,1-3H3,(H,19,20)(H2,14,15,16);;/q;+1;-1. The maximum atomic E-state index is 11.4. The fraction of sp³-hybridized carbons (Fsp3) is 0.385. The van der Waals surface area contributed by atoms with Crippen LogP contribution in [0.3, 0.4) is 0 Å². The molecule has 0 saturated carbocycles. The molecule has 0 radical (unpaired) electrons. The third kappa shape index (κ3) is 2.55. The molecule has 7 nitrogen and oxygen atoms in total. The SMILES string of the molecule is Cn1nc(C(=O)O)c2c1-c1nc(N)ncc1CC2(C)C.[H-].[K+]. The molecule has 0 fully saturated rings. The van der Waals surface area contributed by atoms with E-state index in [1.54, 1.807) is 17.9 Å². The summed E-state index contributed by atoms with van der Waals surface area (Å²) in [5.41, 5.74) is 8.44. The van der Waals surface area contributed by atoms with Crippen molar-refractivity contribution < 1.29 is 62.7 Å². The van der Waals surface area contributed by atoms with Crippen LogP contribution in [0.15, 0.2) is 6.20 Å². The predicted molar refractivity (Wildman–Crippen MR) is 73.4 cm³/mol. The molecule has 0 bridgehead atoms. The normalized spacial score (nSPS) is 14.8. The first kappa shape index (κ1) is 16.6. The van der Waals surface area contributed by atoms with Gasteiger partial charge in [0.15, 0.2) is 5.69 Å². The van der Waals surface area contributed by atoms with Crippen molar-refractivity contribution in [3.05, 3.63) is 23.0 Å². The van der Waals surface area contributed by atoms with E-state index >= 15 is 0 Å². The Morgan fingerprint density at radius 3 is 2.81 bits per heavy atom. The maximum absolute atomic E-state index is 11.4. The number of fused-ring (bicyclic) bond motifs is 3. The fourth-order valence-electron chi connectivity index (χ4n) is 2.91. The Bertz CT molecular complexity index is 744. The van der Waals surface area contributed by atoms with Gasteiger partial charge in [-0.3, -0.25) is 4.68 Å². The summed E-state index contributed by atoms with van der Waals surface area (Å²) in [4.78, 5) is 19.7. The average molecular weight is 313 g/mol. The second kappa shape index (κ2) is 5.44. The number of carbonyl (C=O) groups is 1. The summed E-state index contributed by atoms with van der Waals surface area (Å²) < 4.78 is 1.56. The Morgan fingerprint density at radius 2 is 2.19 bits per heavy atom. The van der Waals surface area contributed by atoms with Gasteiger partial charge in [-0.2, -0.15) is 5.10 Å². The number of rotatable bonds is 1. The second-order valence-corrected chi connectivity index (χ2v) is 5.66. The number of nitrogen functional groups attached to an aromatic ring is 1. The quantitative estimate of drug-likeness (QED) is 0.596. The van der Waals surface area contributed by atoms with Crippen molar-refractivity contribution in [3.8, 4) is 11.4 Å². The Labute approximate surface area is 165 Å². The maximum Gasteiger partial charge on any atom is 1.00 e. The topological polar surface area (TPSA) is 107 Å². The third-order valence-electron chi connectivity index (χ3n) is 3.67. The number of nitrogens with two attached hydrogens (primary N) is 1. The summed E-state index contributed by atoms with van der Waals surface area (Å²) >= 11 is 0. The number of hydrogen-bond donors (Lipinski definition) is 2. The summed E-state index contributed by atoms with van der Waals surface area (Å²) in [6.07, 6.45) is 2.36. The minimum absolute atomic E-state index is 0. The first-order valence-corrected chi connectivity index (χ1v) is 6.24. The largest absolute Gasteiger partial charge is 1.00 e. The van der Waals surface area contributed by atoms with Crippen LogP contribution < -0.4 is 57.1 Å². The van der Waals surface area contributed by atoms with E-state index in [1.165, 1.54) is 0 Å². The Balaban J connectivity index is 0.00000121. The molecular formula is C13H16KN5O2. The Morgan fingerprint density at radius 1 is 1.52 bits per heavy atom. The van der Waals surface area contributed by atoms with Gasteiger partial charge in [0.2, 0.25) is 5.95 Å². The van der Waals surface area contributed by atoms with Gasteiger partial charge in [-0.15, -0.1) is 0 Å². The zero-order chi connectivity index (χ0) is 14.7. The van der Waals surface area contributed by atoms with Crippen molar-refractivity contribution in [1.29, 1.82) is 0 Å². The summed E-state index contributed by atoms with van der Waals surface area (Å²) in [6.45, 7) is 4.00. The van der Waals surface area contributed by atoms with Gasteiger partial charge in [-0.25, -0.2) is 14.8 Å². The number of aromatic carboxylic acids is 1. The zero-order valence-corrected chi connectivity index (χ0v) is 15.6. The van der Waals surface area contributed by atoms with Crippen LogP contribution in [-0.2, 0) is 18.9 Å². The van der Waals surface area contributed by atoms with Crippen molar-refractivity contribution in [1.82, 2.24) is 19.7 Å². The summed E-state index contributed by atoms with van der Waals surface area (Å²) in [5, 5.41) is 13.5. The van der Waals surface area contributed by atoms with Gasteiger partial charge < -0.3 is 12.3 Å². The molecule has 1 aliphatic carbocycles. The van der Waals surface area contributed by atoms with Gasteiger partial charge in [0, 0.05) is 18.8 Å². The molecule has 0 aliphatic heterocycles. The van der Waals surface area contributed by atoms with Crippen molar-refractivity contribution >= 4 is 11.9 Å². The molecule has 21 heavy (non-hydrogen) atoms. The monoisotopic (exact) mass is 313 g/mol. The summed E-state index contributed by atoms with van der Waals surface area (Å²) in [6, 6.07) is 0. The van der Waals surface area contributed by atoms with E-state index in [4.69, 9.17) is 5.73 Å². The molecule has 0 spiro atoms. The van der Waals surface area contributed by atoms with Crippen LogP contribution in [-0.4, -0.2) is 30.8 Å². The third-order valence-corrected chi connectivity index (χ3v) is 3.67. The van der Waals surface area contributed by atoms with Crippen LogP contribution >= 0.6 is 0 Å². The van der Waals surface area contributed by atoms with Crippen molar-refractivity contribution in [2.75, 3.05) is 5.73 Å². The number of anilines is 1. The van der Waals surface area contributed by atoms with Gasteiger partial charge in [0.1, 0.15) is 0 Å². The first-order valence-electron chi connectivity index (χ1n) is 6.24. The molecular weight excluding hydrogens is 297 g/mol. The van der Waals surface area contributed by atoms with Crippen molar-refractivity contribution in [2.24, 2.45) is 7.05 Å². The van der Waals surface area contributed by atoms with Crippen LogP contribution in [0.1, 0.15) is 36.9 Å². The molecule has 0 saturated heterocycles. The van der Waals surface area contributed by atoms with Gasteiger partial charge in [-0.05, 0) is 17.4 Å². The molecule has 0 unspecified atom stereocenters. The number of aryl methyl sites for hydroxylation is 1.